The normalized spacial score (nSPS) is 14.7. The van der Waals surface area contributed by atoms with Gasteiger partial charge in [-0.05, 0) is 36.4 Å². The van der Waals surface area contributed by atoms with Crippen molar-refractivity contribution in [2.45, 2.75) is 0 Å². The first-order valence-electron chi connectivity index (χ1n) is 7.62. The number of cyclic esters (lactones) is 1. The molecule has 3 rings (SSSR count). The van der Waals surface area contributed by atoms with Crippen LogP contribution in [0.2, 0.25) is 5.02 Å². The predicted molar refractivity (Wildman–Crippen MR) is 98.3 cm³/mol. The van der Waals surface area contributed by atoms with Gasteiger partial charge >= 0.3 is 5.97 Å². The van der Waals surface area contributed by atoms with Crippen LogP contribution in [0, 0.1) is 10.1 Å². The minimum Gasteiger partial charge on any atom is -0.493 e. The highest BCUT2D eigenvalue weighted by Crippen LogP contribution is 2.36. The third-order valence-electron chi connectivity index (χ3n) is 3.73. The fraction of sp³-hybridized carbons (Fsp3) is 0.111. The molecule has 9 heteroatoms. The average Bonchev–Trinajstić information content (AvgIpc) is 3.02. The van der Waals surface area contributed by atoms with Gasteiger partial charge in [-0.1, -0.05) is 11.6 Å². The summed E-state index contributed by atoms with van der Waals surface area (Å²) >= 11 is 5.84. The number of rotatable bonds is 5. The van der Waals surface area contributed by atoms with Crippen LogP contribution in [-0.2, 0) is 9.53 Å². The Morgan fingerprint density at radius 1 is 1.15 bits per heavy atom. The van der Waals surface area contributed by atoms with Gasteiger partial charge in [-0.2, -0.15) is 0 Å². The lowest BCUT2D eigenvalue weighted by molar-refractivity contribution is -0.385. The number of aliphatic imine (C=N–C) groups is 1. The van der Waals surface area contributed by atoms with Gasteiger partial charge in [0.05, 0.1) is 30.8 Å². The quantitative estimate of drug-likeness (QED) is 0.335. The number of hydrogen-bond acceptors (Lipinski definition) is 7. The van der Waals surface area contributed by atoms with E-state index >= 15 is 0 Å². The molecule has 0 unspecified atom stereocenters. The maximum Gasteiger partial charge on any atom is 0.363 e. The smallest absolute Gasteiger partial charge is 0.363 e. The molecule has 1 aliphatic heterocycles. The van der Waals surface area contributed by atoms with Crippen LogP contribution in [0.1, 0.15) is 11.1 Å². The van der Waals surface area contributed by atoms with Gasteiger partial charge in [0.25, 0.3) is 5.69 Å². The summed E-state index contributed by atoms with van der Waals surface area (Å²) in [6, 6.07) is 9.18. The largest absolute Gasteiger partial charge is 0.493 e. The molecule has 0 radical (unpaired) electrons. The number of carbonyl (C=O) groups is 1. The van der Waals surface area contributed by atoms with Gasteiger partial charge in [0.1, 0.15) is 0 Å². The fourth-order valence-electron chi connectivity index (χ4n) is 2.43. The highest BCUT2D eigenvalue weighted by molar-refractivity contribution is 6.30. The van der Waals surface area contributed by atoms with Crippen LogP contribution in [0.25, 0.3) is 6.08 Å². The van der Waals surface area contributed by atoms with Gasteiger partial charge in [0.2, 0.25) is 5.90 Å². The number of hydrogen-bond donors (Lipinski definition) is 0. The summed E-state index contributed by atoms with van der Waals surface area (Å²) in [4.78, 5) is 27.1. The average molecular weight is 389 g/mol. The van der Waals surface area contributed by atoms with Crippen molar-refractivity contribution in [3.63, 3.8) is 0 Å². The van der Waals surface area contributed by atoms with Crippen LogP contribution in [0.4, 0.5) is 5.69 Å². The molecule has 0 saturated carbocycles. The molecular weight excluding hydrogens is 376 g/mol. The molecule has 1 heterocycles. The van der Waals surface area contributed by atoms with Crippen LogP contribution < -0.4 is 9.47 Å². The highest BCUT2D eigenvalue weighted by atomic mass is 35.5. The van der Waals surface area contributed by atoms with Gasteiger partial charge in [-0.3, -0.25) is 10.1 Å². The molecule has 2 aromatic rings. The molecule has 8 nitrogen and oxygen atoms in total. The number of nitro groups is 1. The number of nitro benzene ring substituents is 1. The van der Waals surface area contributed by atoms with Gasteiger partial charge in [0.15, 0.2) is 17.2 Å². The monoisotopic (exact) mass is 388 g/mol. The van der Waals surface area contributed by atoms with E-state index in [4.69, 9.17) is 25.8 Å². The number of ether oxygens (including phenoxy) is 3. The fourth-order valence-corrected chi connectivity index (χ4v) is 2.56. The minimum absolute atomic E-state index is 0.0738. The second-order valence-corrected chi connectivity index (χ2v) is 5.80. The SMILES string of the molecule is COc1cc(C=C2N=C(c3ccc(Cl)cc3)OC2=O)c([N+](=O)[O-])cc1OC. The zero-order valence-corrected chi connectivity index (χ0v) is 15.0. The van der Waals surface area contributed by atoms with Crippen molar-refractivity contribution in [1.82, 2.24) is 0 Å². The Bertz CT molecular complexity index is 982. The van der Waals surface area contributed by atoms with E-state index < -0.39 is 10.9 Å². The number of carbonyl (C=O) groups excluding carboxylic acids is 1. The van der Waals surface area contributed by atoms with Crippen molar-refractivity contribution in [2.75, 3.05) is 14.2 Å². The second-order valence-electron chi connectivity index (χ2n) is 5.37. The predicted octanol–water partition coefficient (Wildman–Crippen LogP) is 3.61. The lowest BCUT2D eigenvalue weighted by Crippen LogP contribution is -2.05. The van der Waals surface area contributed by atoms with Gasteiger partial charge < -0.3 is 14.2 Å². The van der Waals surface area contributed by atoms with Gasteiger partial charge in [-0.25, -0.2) is 9.79 Å². The van der Waals surface area contributed by atoms with Crippen molar-refractivity contribution in [3.8, 4) is 11.5 Å². The summed E-state index contributed by atoms with van der Waals surface area (Å²) in [5.74, 6) is -0.149. The molecule has 0 aliphatic carbocycles. The molecular formula is C18H13ClN2O6. The molecule has 0 saturated heterocycles. The summed E-state index contributed by atoms with van der Waals surface area (Å²) in [7, 11) is 2.78. The maximum absolute atomic E-state index is 12.1. The molecule has 0 fully saturated rings. The number of methoxy groups -OCH3 is 2. The molecule has 0 aromatic heterocycles. The molecule has 0 N–H and O–H groups in total. The van der Waals surface area contributed by atoms with E-state index in [0.717, 1.165) is 0 Å². The Labute approximate surface area is 158 Å². The first kappa shape index (κ1) is 18.4. The van der Waals surface area contributed by atoms with E-state index in [1.54, 1.807) is 24.3 Å². The van der Waals surface area contributed by atoms with Crippen LogP contribution >= 0.6 is 11.6 Å². The number of esters is 1. The van der Waals surface area contributed by atoms with Crippen LogP contribution in [0.15, 0.2) is 47.1 Å². The van der Waals surface area contributed by atoms with E-state index in [2.05, 4.69) is 4.99 Å². The third kappa shape index (κ3) is 3.75. The summed E-state index contributed by atoms with van der Waals surface area (Å²) in [5, 5.41) is 11.9. The standard InChI is InChI=1S/C18H13ClN2O6/c1-25-15-8-11(14(21(23)24)9-16(15)26-2)7-13-18(22)27-17(20-13)10-3-5-12(19)6-4-10/h3-9H,1-2H3. The topological polar surface area (TPSA) is 100 Å². The Kier molecular flexibility index (Phi) is 5.09. The Morgan fingerprint density at radius 3 is 2.37 bits per heavy atom. The molecule has 0 atom stereocenters. The van der Waals surface area contributed by atoms with Crippen LogP contribution in [0.3, 0.4) is 0 Å². The maximum atomic E-state index is 12.1. The number of nitrogens with zero attached hydrogens (tertiary/aromatic N) is 2. The van der Waals surface area contributed by atoms with Crippen LogP contribution in [-0.4, -0.2) is 31.0 Å². The number of benzene rings is 2. The molecule has 0 bridgehead atoms. The summed E-state index contributed by atoms with van der Waals surface area (Å²) < 4.78 is 15.4. The van der Waals surface area contributed by atoms with E-state index in [9.17, 15) is 14.9 Å². The van der Waals surface area contributed by atoms with Crippen LogP contribution in [0.5, 0.6) is 11.5 Å². The lowest BCUT2D eigenvalue weighted by Gasteiger charge is -2.08. The zero-order valence-electron chi connectivity index (χ0n) is 14.3. The summed E-state index contributed by atoms with van der Waals surface area (Å²) in [5.41, 5.74) is 0.349. The van der Waals surface area contributed by atoms with Crippen molar-refractivity contribution < 1.29 is 23.9 Å². The lowest BCUT2D eigenvalue weighted by atomic mass is 10.1. The Morgan fingerprint density at radius 2 is 1.78 bits per heavy atom. The minimum atomic E-state index is -0.718. The molecule has 2 aromatic carbocycles. The Balaban J connectivity index is 2.06. The van der Waals surface area contributed by atoms with Crippen molar-refractivity contribution in [3.05, 3.63) is 68.4 Å². The van der Waals surface area contributed by atoms with Gasteiger partial charge in [0, 0.05) is 10.6 Å². The summed E-state index contributed by atoms with van der Waals surface area (Å²) in [6.45, 7) is 0. The van der Waals surface area contributed by atoms with Crippen molar-refractivity contribution >= 4 is 35.2 Å². The first-order valence-corrected chi connectivity index (χ1v) is 7.99. The van der Waals surface area contributed by atoms with E-state index in [1.807, 2.05) is 0 Å². The van der Waals surface area contributed by atoms with Gasteiger partial charge in [-0.15, -0.1) is 0 Å². The van der Waals surface area contributed by atoms with E-state index in [0.29, 0.717) is 10.6 Å². The first-order chi connectivity index (χ1) is 12.9. The zero-order chi connectivity index (χ0) is 19.6. The molecule has 27 heavy (non-hydrogen) atoms. The highest BCUT2D eigenvalue weighted by Gasteiger charge is 2.26. The van der Waals surface area contributed by atoms with Crippen molar-refractivity contribution in [1.29, 1.82) is 0 Å². The molecule has 0 spiro atoms. The molecule has 138 valence electrons. The molecule has 0 amide bonds. The third-order valence-corrected chi connectivity index (χ3v) is 3.99. The Hall–Kier alpha value is -3.39. The van der Waals surface area contributed by atoms with E-state index in [1.165, 1.54) is 32.4 Å². The second kappa shape index (κ2) is 7.46. The molecule has 1 aliphatic rings. The summed E-state index contributed by atoms with van der Waals surface area (Å²) in [6.07, 6.45) is 1.27. The van der Waals surface area contributed by atoms with Crippen molar-refractivity contribution in [2.24, 2.45) is 4.99 Å². The van der Waals surface area contributed by atoms with E-state index in [-0.39, 0.29) is 34.3 Å². The number of halogens is 1.